The molecule has 0 atom stereocenters. The number of piperidine rings is 1. The summed E-state index contributed by atoms with van der Waals surface area (Å²) in [7, 11) is -3.23. The van der Waals surface area contributed by atoms with Crippen LogP contribution in [0.15, 0.2) is 42.5 Å². The Kier molecular flexibility index (Phi) is 7.80. The van der Waals surface area contributed by atoms with Crippen molar-refractivity contribution in [3.8, 4) is 17.2 Å². The first-order valence-corrected chi connectivity index (χ1v) is 12.3. The standard InChI is InChI=1S/C22H27ClN2O5S/c1-3-29-18-6-8-19(9-7-18)30-21-10-5-17(23)15-20(21)24-22(26)16-11-13-25(14-12-16)31(27,28)4-2/h5-10,15-16H,3-4,11-14H2,1-2H3,(H,24,26). The minimum atomic E-state index is -3.23. The molecule has 3 rings (SSSR count). The summed E-state index contributed by atoms with van der Waals surface area (Å²) in [6.07, 6.45) is 0.946. The van der Waals surface area contributed by atoms with Gasteiger partial charge in [0.15, 0.2) is 5.75 Å². The summed E-state index contributed by atoms with van der Waals surface area (Å²) in [4.78, 5) is 12.8. The fourth-order valence-corrected chi connectivity index (χ4v) is 4.70. The largest absolute Gasteiger partial charge is 0.494 e. The molecule has 1 heterocycles. The number of ether oxygens (including phenoxy) is 2. The molecule has 2 aromatic carbocycles. The second-order valence-corrected chi connectivity index (χ2v) is 9.90. The number of halogens is 1. The van der Waals surface area contributed by atoms with Gasteiger partial charge in [-0.3, -0.25) is 4.79 Å². The van der Waals surface area contributed by atoms with E-state index in [1.165, 1.54) is 4.31 Å². The molecule has 2 aromatic rings. The molecule has 0 aliphatic carbocycles. The summed E-state index contributed by atoms with van der Waals surface area (Å²) in [6.45, 7) is 4.81. The van der Waals surface area contributed by atoms with Crippen LogP contribution in [0.4, 0.5) is 5.69 Å². The first kappa shape index (κ1) is 23.4. The van der Waals surface area contributed by atoms with Gasteiger partial charge in [-0.05, 0) is 69.2 Å². The van der Waals surface area contributed by atoms with E-state index in [2.05, 4.69) is 5.32 Å². The lowest BCUT2D eigenvalue weighted by molar-refractivity contribution is -0.120. The molecule has 0 unspecified atom stereocenters. The molecule has 1 aliphatic rings. The van der Waals surface area contributed by atoms with Gasteiger partial charge in [-0.2, -0.15) is 0 Å². The monoisotopic (exact) mass is 466 g/mol. The van der Waals surface area contributed by atoms with Crippen molar-refractivity contribution in [1.82, 2.24) is 4.31 Å². The van der Waals surface area contributed by atoms with Crippen LogP contribution in [0.2, 0.25) is 5.02 Å². The third-order valence-corrected chi connectivity index (χ3v) is 7.26. The number of nitrogens with zero attached hydrogens (tertiary/aromatic N) is 1. The Balaban J connectivity index is 1.67. The summed E-state index contributed by atoms with van der Waals surface area (Å²) < 4.78 is 36.9. The molecule has 0 saturated carbocycles. The van der Waals surface area contributed by atoms with Crippen molar-refractivity contribution >= 4 is 33.2 Å². The van der Waals surface area contributed by atoms with Crippen molar-refractivity contribution in [2.75, 3.05) is 30.8 Å². The second-order valence-electron chi connectivity index (χ2n) is 7.21. The molecule has 1 N–H and O–H groups in total. The third-order valence-electron chi connectivity index (χ3n) is 5.14. The van der Waals surface area contributed by atoms with Crippen molar-refractivity contribution < 1.29 is 22.7 Å². The average Bonchev–Trinajstić information content (AvgIpc) is 2.77. The Bertz CT molecular complexity index is 1000. The lowest BCUT2D eigenvalue weighted by Gasteiger charge is -2.30. The third kappa shape index (κ3) is 6.12. The van der Waals surface area contributed by atoms with Crippen LogP contribution < -0.4 is 14.8 Å². The van der Waals surface area contributed by atoms with E-state index in [1.54, 1.807) is 37.3 Å². The van der Waals surface area contributed by atoms with Gasteiger partial charge in [0, 0.05) is 24.0 Å². The van der Waals surface area contributed by atoms with Crippen LogP contribution in [0, 0.1) is 5.92 Å². The Morgan fingerprint density at radius 1 is 1.10 bits per heavy atom. The van der Waals surface area contributed by atoms with Gasteiger partial charge < -0.3 is 14.8 Å². The number of carbonyl (C=O) groups excluding carboxylic acids is 1. The number of benzene rings is 2. The summed E-state index contributed by atoms with van der Waals surface area (Å²) in [5.41, 5.74) is 0.468. The van der Waals surface area contributed by atoms with E-state index >= 15 is 0 Å². The number of rotatable bonds is 8. The summed E-state index contributed by atoms with van der Waals surface area (Å²) in [5.74, 6) is 1.43. The van der Waals surface area contributed by atoms with Crippen molar-refractivity contribution in [2.45, 2.75) is 26.7 Å². The van der Waals surface area contributed by atoms with Crippen molar-refractivity contribution in [3.63, 3.8) is 0 Å². The van der Waals surface area contributed by atoms with Crippen molar-refractivity contribution in [2.24, 2.45) is 5.92 Å². The van der Waals surface area contributed by atoms with Gasteiger partial charge in [-0.1, -0.05) is 11.6 Å². The predicted molar refractivity (Wildman–Crippen MR) is 122 cm³/mol. The molecule has 168 valence electrons. The zero-order valence-electron chi connectivity index (χ0n) is 17.6. The summed E-state index contributed by atoms with van der Waals surface area (Å²) >= 11 is 6.13. The zero-order valence-corrected chi connectivity index (χ0v) is 19.2. The van der Waals surface area contributed by atoms with Crippen LogP contribution in [-0.4, -0.2) is 44.1 Å². The molecule has 0 bridgehead atoms. The summed E-state index contributed by atoms with van der Waals surface area (Å²) in [6, 6.07) is 12.2. The van der Waals surface area contributed by atoms with Gasteiger partial charge in [-0.15, -0.1) is 0 Å². The first-order chi connectivity index (χ1) is 14.8. The van der Waals surface area contributed by atoms with E-state index in [9.17, 15) is 13.2 Å². The fourth-order valence-electron chi connectivity index (χ4n) is 3.40. The van der Waals surface area contributed by atoms with Gasteiger partial charge >= 0.3 is 0 Å². The minimum Gasteiger partial charge on any atom is -0.494 e. The van der Waals surface area contributed by atoms with Crippen LogP contribution in [0.25, 0.3) is 0 Å². The minimum absolute atomic E-state index is 0.0681. The second kappa shape index (κ2) is 10.3. The molecule has 31 heavy (non-hydrogen) atoms. The predicted octanol–water partition coefficient (Wildman–Crippen LogP) is 4.53. The summed E-state index contributed by atoms with van der Waals surface area (Å²) in [5, 5.41) is 3.37. The lowest BCUT2D eigenvalue weighted by atomic mass is 9.97. The molecular weight excluding hydrogens is 440 g/mol. The van der Waals surface area contributed by atoms with Crippen LogP contribution >= 0.6 is 11.6 Å². The van der Waals surface area contributed by atoms with E-state index in [1.807, 2.05) is 19.1 Å². The molecule has 0 spiro atoms. The number of anilines is 1. The molecule has 0 aromatic heterocycles. The van der Waals surface area contributed by atoms with E-state index in [-0.39, 0.29) is 17.6 Å². The molecule has 1 fully saturated rings. The van der Waals surface area contributed by atoms with E-state index in [0.29, 0.717) is 54.7 Å². The van der Waals surface area contributed by atoms with Gasteiger partial charge in [0.25, 0.3) is 0 Å². The van der Waals surface area contributed by atoms with Gasteiger partial charge in [0.1, 0.15) is 11.5 Å². The van der Waals surface area contributed by atoms with E-state index in [4.69, 9.17) is 21.1 Å². The van der Waals surface area contributed by atoms with Crippen molar-refractivity contribution in [3.05, 3.63) is 47.5 Å². The van der Waals surface area contributed by atoms with Crippen LogP contribution in [0.3, 0.4) is 0 Å². The maximum Gasteiger partial charge on any atom is 0.227 e. The average molecular weight is 467 g/mol. The number of sulfonamides is 1. The highest BCUT2D eigenvalue weighted by molar-refractivity contribution is 7.89. The number of hydrogen-bond donors (Lipinski definition) is 1. The van der Waals surface area contributed by atoms with Gasteiger partial charge in [-0.25, -0.2) is 12.7 Å². The number of nitrogens with one attached hydrogen (secondary N) is 1. The SMILES string of the molecule is CCOc1ccc(Oc2ccc(Cl)cc2NC(=O)C2CCN(S(=O)(=O)CC)CC2)cc1. The van der Waals surface area contributed by atoms with Crippen LogP contribution in [-0.2, 0) is 14.8 Å². The Morgan fingerprint density at radius 2 is 1.74 bits per heavy atom. The lowest BCUT2D eigenvalue weighted by Crippen LogP contribution is -2.42. The van der Waals surface area contributed by atoms with Gasteiger partial charge in [0.2, 0.25) is 15.9 Å². The first-order valence-electron chi connectivity index (χ1n) is 10.3. The molecule has 1 saturated heterocycles. The maximum absolute atomic E-state index is 12.8. The Labute approximate surface area is 188 Å². The molecule has 1 amide bonds. The molecule has 7 nitrogen and oxygen atoms in total. The quantitative estimate of drug-likeness (QED) is 0.617. The molecule has 1 aliphatic heterocycles. The molecule has 9 heteroatoms. The van der Waals surface area contributed by atoms with Gasteiger partial charge in [0.05, 0.1) is 18.0 Å². The highest BCUT2D eigenvalue weighted by Gasteiger charge is 2.30. The Hall–Kier alpha value is -2.29. The van der Waals surface area contributed by atoms with E-state index in [0.717, 1.165) is 5.75 Å². The maximum atomic E-state index is 12.8. The Morgan fingerprint density at radius 3 is 2.35 bits per heavy atom. The highest BCUT2D eigenvalue weighted by Crippen LogP contribution is 2.33. The molecule has 0 radical (unpaired) electrons. The van der Waals surface area contributed by atoms with Crippen LogP contribution in [0.1, 0.15) is 26.7 Å². The topological polar surface area (TPSA) is 84.9 Å². The van der Waals surface area contributed by atoms with Crippen molar-refractivity contribution in [1.29, 1.82) is 0 Å². The fraction of sp³-hybridized carbons (Fsp3) is 0.409. The van der Waals surface area contributed by atoms with Crippen LogP contribution in [0.5, 0.6) is 17.2 Å². The number of amides is 1. The number of carbonyl (C=O) groups is 1. The number of hydrogen-bond acceptors (Lipinski definition) is 5. The normalized spacial score (nSPS) is 15.5. The zero-order chi connectivity index (χ0) is 22.4. The smallest absolute Gasteiger partial charge is 0.227 e. The van der Waals surface area contributed by atoms with E-state index < -0.39 is 10.0 Å². The molecular formula is C22H27ClN2O5S. The highest BCUT2D eigenvalue weighted by atomic mass is 35.5.